The molecule has 1 N–H and O–H groups in total. The molecular weight excluding hydrogens is 416 g/mol. The monoisotopic (exact) mass is 434 g/mol. The molecule has 0 saturated heterocycles. The lowest BCUT2D eigenvalue weighted by atomic mass is 9.73. The Balaban J connectivity index is 1.81. The first kappa shape index (κ1) is 21.8. The first-order chi connectivity index (χ1) is 15.4. The van der Waals surface area contributed by atoms with Crippen LogP contribution in [0.4, 0.5) is 13.2 Å². The maximum atomic E-state index is 13.0. The van der Waals surface area contributed by atoms with Crippen LogP contribution in [-0.2, 0) is 10.8 Å². The Morgan fingerprint density at radius 2 is 1.56 bits per heavy atom. The van der Waals surface area contributed by atoms with Crippen molar-refractivity contribution in [3.63, 3.8) is 0 Å². The number of alkyl halides is 3. The van der Waals surface area contributed by atoms with E-state index in [2.05, 4.69) is 11.8 Å². The largest absolute Gasteiger partial charge is 0.497 e. The van der Waals surface area contributed by atoms with Gasteiger partial charge in [-0.25, -0.2) is 0 Å². The molecule has 0 amide bonds. The molecule has 0 aromatic heterocycles. The fraction of sp³-hybridized carbons (Fsp3) is 0.120. The Labute approximate surface area is 184 Å². The van der Waals surface area contributed by atoms with E-state index in [0.29, 0.717) is 22.4 Å². The van der Waals surface area contributed by atoms with Crippen molar-refractivity contribution < 1.29 is 27.6 Å². The van der Waals surface area contributed by atoms with Gasteiger partial charge in [0.1, 0.15) is 11.9 Å². The van der Waals surface area contributed by atoms with Crippen molar-refractivity contribution in [2.75, 3.05) is 7.11 Å². The SMILES string of the molecule is COc1ccc(C2OB(O)C(c3ccc(C(F)(F)F)cc3)=C2C#Cc2ccccc2)cc1. The normalized spacial score (nSPS) is 16.0. The van der Waals surface area contributed by atoms with Gasteiger partial charge in [0.25, 0.3) is 0 Å². The van der Waals surface area contributed by atoms with Gasteiger partial charge in [-0.1, -0.05) is 54.3 Å². The summed E-state index contributed by atoms with van der Waals surface area (Å²) in [5.41, 5.74) is 2.00. The molecule has 0 bridgehead atoms. The third kappa shape index (κ3) is 4.57. The summed E-state index contributed by atoms with van der Waals surface area (Å²) in [5, 5.41) is 10.7. The van der Waals surface area contributed by atoms with Crippen LogP contribution in [0.15, 0.2) is 84.4 Å². The van der Waals surface area contributed by atoms with Crippen molar-refractivity contribution >= 4 is 12.6 Å². The van der Waals surface area contributed by atoms with E-state index in [1.165, 1.54) is 12.1 Å². The molecule has 0 radical (unpaired) electrons. The van der Waals surface area contributed by atoms with Gasteiger partial charge in [0.2, 0.25) is 0 Å². The molecule has 7 heteroatoms. The van der Waals surface area contributed by atoms with Gasteiger partial charge in [-0.05, 0) is 47.5 Å². The number of halogens is 3. The Bertz CT molecular complexity index is 1180. The molecule has 3 nitrogen and oxygen atoms in total. The first-order valence-corrected chi connectivity index (χ1v) is 9.83. The molecule has 1 atom stereocenters. The highest BCUT2D eigenvalue weighted by atomic mass is 19.4. The Morgan fingerprint density at radius 1 is 0.906 bits per heavy atom. The zero-order chi connectivity index (χ0) is 22.7. The van der Waals surface area contributed by atoms with E-state index in [1.54, 1.807) is 31.4 Å². The Hall–Kier alpha value is -3.47. The van der Waals surface area contributed by atoms with Crippen LogP contribution in [0, 0.1) is 11.8 Å². The van der Waals surface area contributed by atoms with Gasteiger partial charge in [-0.3, -0.25) is 0 Å². The highest BCUT2D eigenvalue weighted by molar-refractivity contribution is 6.68. The summed E-state index contributed by atoms with van der Waals surface area (Å²) in [6.07, 6.45) is -5.12. The topological polar surface area (TPSA) is 38.7 Å². The van der Waals surface area contributed by atoms with E-state index in [1.807, 2.05) is 30.3 Å². The van der Waals surface area contributed by atoms with Crippen molar-refractivity contribution in [3.8, 4) is 17.6 Å². The van der Waals surface area contributed by atoms with Gasteiger partial charge in [-0.2, -0.15) is 13.2 Å². The lowest BCUT2D eigenvalue weighted by molar-refractivity contribution is -0.137. The lowest BCUT2D eigenvalue weighted by Crippen LogP contribution is -2.16. The van der Waals surface area contributed by atoms with Gasteiger partial charge < -0.3 is 14.4 Å². The van der Waals surface area contributed by atoms with E-state index in [9.17, 15) is 18.2 Å². The van der Waals surface area contributed by atoms with Gasteiger partial charge in [0, 0.05) is 16.6 Å². The Kier molecular flexibility index (Phi) is 6.09. The highest BCUT2D eigenvalue weighted by Crippen LogP contribution is 2.41. The summed E-state index contributed by atoms with van der Waals surface area (Å²) in [6.45, 7) is 0. The van der Waals surface area contributed by atoms with Gasteiger partial charge >= 0.3 is 13.3 Å². The van der Waals surface area contributed by atoms with Gasteiger partial charge in [0.15, 0.2) is 0 Å². The third-order valence-corrected chi connectivity index (χ3v) is 5.12. The molecule has 160 valence electrons. The third-order valence-electron chi connectivity index (χ3n) is 5.12. The summed E-state index contributed by atoms with van der Waals surface area (Å²) in [4.78, 5) is 0. The van der Waals surface area contributed by atoms with Crippen molar-refractivity contribution in [2.24, 2.45) is 0 Å². The summed E-state index contributed by atoms with van der Waals surface area (Å²) < 4.78 is 50.0. The van der Waals surface area contributed by atoms with Crippen LogP contribution >= 0.6 is 0 Å². The molecule has 0 aliphatic carbocycles. The predicted octanol–water partition coefficient (Wildman–Crippen LogP) is 5.31. The molecule has 1 unspecified atom stereocenters. The van der Waals surface area contributed by atoms with Crippen molar-refractivity contribution in [3.05, 3.63) is 107 Å². The van der Waals surface area contributed by atoms with Gasteiger partial charge in [-0.15, -0.1) is 0 Å². The van der Waals surface area contributed by atoms with Gasteiger partial charge in [0.05, 0.1) is 12.7 Å². The zero-order valence-corrected chi connectivity index (χ0v) is 17.1. The highest BCUT2D eigenvalue weighted by Gasteiger charge is 2.39. The van der Waals surface area contributed by atoms with E-state index in [0.717, 1.165) is 23.3 Å². The van der Waals surface area contributed by atoms with Crippen LogP contribution < -0.4 is 4.74 Å². The molecule has 32 heavy (non-hydrogen) atoms. The number of ether oxygens (including phenoxy) is 1. The van der Waals surface area contributed by atoms with Crippen LogP contribution in [0.2, 0.25) is 0 Å². The maximum Gasteiger partial charge on any atom is 0.493 e. The standard InChI is InChI=1S/C25H18BF3O3/c1-31-21-14-10-19(11-15-21)24-22(16-7-17-5-3-2-4-6-17)23(26(30)32-24)18-8-12-20(13-9-18)25(27,28)29/h2-6,8-15,24,30H,1H3. The first-order valence-electron chi connectivity index (χ1n) is 9.83. The van der Waals surface area contributed by atoms with Crippen molar-refractivity contribution in [1.29, 1.82) is 0 Å². The summed E-state index contributed by atoms with van der Waals surface area (Å²) >= 11 is 0. The zero-order valence-electron chi connectivity index (χ0n) is 17.1. The number of rotatable bonds is 3. The summed E-state index contributed by atoms with van der Waals surface area (Å²) in [5.74, 6) is 6.81. The molecule has 3 aromatic rings. The van der Waals surface area contributed by atoms with E-state index in [-0.39, 0.29) is 0 Å². The fourth-order valence-electron chi connectivity index (χ4n) is 3.49. The van der Waals surface area contributed by atoms with Crippen LogP contribution in [0.1, 0.15) is 28.4 Å². The molecule has 0 spiro atoms. The minimum absolute atomic E-state index is 0.350. The molecule has 0 fully saturated rings. The molecular formula is C25H18BF3O3. The van der Waals surface area contributed by atoms with Crippen LogP contribution in [0.3, 0.4) is 0 Å². The second-order valence-corrected chi connectivity index (χ2v) is 7.16. The molecule has 4 rings (SSSR count). The lowest BCUT2D eigenvalue weighted by Gasteiger charge is -2.13. The number of hydrogen-bond acceptors (Lipinski definition) is 3. The van der Waals surface area contributed by atoms with E-state index < -0.39 is 25.0 Å². The fourth-order valence-corrected chi connectivity index (χ4v) is 3.49. The number of hydrogen-bond donors (Lipinski definition) is 1. The maximum absolute atomic E-state index is 13.0. The quantitative estimate of drug-likeness (QED) is 0.449. The predicted molar refractivity (Wildman–Crippen MR) is 116 cm³/mol. The second-order valence-electron chi connectivity index (χ2n) is 7.16. The average Bonchev–Trinajstić information content (AvgIpc) is 3.14. The summed E-state index contributed by atoms with van der Waals surface area (Å²) in [7, 11) is 0.225. The average molecular weight is 434 g/mol. The minimum atomic E-state index is -4.45. The molecule has 1 heterocycles. The molecule has 1 aliphatic heterocycles. The number of methoxy groups -OCH3 is 1. The van der Waals surface area contributed by atoms with E-state index in [4.69, 9.17) is 9.39 Å². The van der Waals surface area contributed by atoms with E-state index >= 15 is 0 Å². The van der Waals surface area contributed by atoms with Crippen molar-refractivity contribution in [2.45, 2.75) is 12.3 Å². The van der Waals surface area contributed by atoms with Crippen molar-refractivity contribution in [1.82, 2.24) is 0 Å². The van der Waals surface area contributed by atoms with Crippen LogP contribution in [-0.4, -0.2) is 19.3 Å². The smallest absolute Gasteiger partial charge is 0.493 e. The minimum Gasteiger partial charge on any atom is -0.497 e. The second kappa shape index (κ2) is 8.95. The molecule has 3 aromatic carbocycles. The van der Waals surface area contributed by atoms with Crippen LogP contribution in [0.25, 0.3) is 5.47 Å². The Morgan fingerprint density at radius 3 is 2.16 bits per heavy atom. The molecule has 0 saturated carbocycles. The van der Waals surface area contributed by atoms with Crippen LogP contribution in [0.5, 0.6) is 5.75 Å². The summed E-state index contributed by atoms with van der Waals surface area (Å²) in [6, 6.07) is 21.0. The number of benzene rings is 3. The molecule has 1 aliphatic rings.